The minimum atomic E-state index is -0.710. The van der Waals surface area contributed by atoms with E-state index in [0.717, 1.165) is 0 Å². The van der Waals surface area contributed by atoms with Crippen molar-refractivity contribution >= 4 is 29.4 Å². The number of aromatic nitrogens is 3. The Balaban J connectivity index is 1.69. The Morgan fingerprint density at radius 1 is 1.24 bits per heavy atom. The molecule has 7 nitrogen and oxygen atoms in total. The number of hydrogen-bond donors (Lipinski definition) is 0. The number of carbonyl (C=O) groups is 1. The Bertz CT molecular complexity index is 1550. The van der Waals surface area contributed by atoms with Crippen LogP contribution < -0.4 is 5.56 Å². The predicted molar refractivity (Wildman–Crippen MR) is 145 cm³/mol. The van der Waals surface area contributed by atoms with Crippen LogP contribution in [0.2, 0.25) is 5.02 Å². The molecular weight excluding hydrogens is 512 g/mol. The zero-order valence-electron chi connectivity index (χ0n) is 21.7. The van der Waals surface area contributed by atoms with E-state index in [-0.39, 0.29) is 39.5 Å². The van der Waals surface area contributed by atoms with Gasteiger partial charge in [0.2, 0.25) is 0 Å². The van der Waals surface area contributed by atoms with Crippen LogP contribution in [-0.4, -0.2) is 45.0 Å². The molecule has 2 unspecified atom stereocenters. The Labute approximate surface area is 224 Å². The summed E-state index contributed by atoms with van der Waals surface area (Å²) in [5.41, 5.74) is 1.41. The number of carbonyl (C=O) groups excluding carboxylic acids is 1. The molecule has 3 aromatic rings. The summed E-state index contributed by atoms with van der Waals surface area (Å²) >= 11 is 6.50. The van der Waals surface area contributed by atoms with Crippen LogP contribution in [-0.2, 0) is 7.05 Å². The van der Waals surface area contributed by atoms with Crippen LogP contribution in [0.1, 0.15) is 58.1 Å². The van der Waals surface area contributed by atoms with Gasteiger partial charge in [-0.15, -0.1) is 0 Å². The standard InChI is InChI=1S/C28H28ClF2N5O2/c1-6-11-32-23(17-8-7-9-18(25(17)31)27(37)34(3)4)10-12-36-16(2)13-20(24(29)28(36)38)19-14-21(19)26-22(30)15-35(5)33-26/h6-13,15,19,21H,14H2,1-5H3/b11-6+,12-10+,32-23-. The van der Waals surface area contributed by atoms with E-state index in [1.54, 1.807) is 53.2 Å². The van der Waals surface area contributed by atoms with E-state index < -0.39 is 17.3 Å². The van der Waals surface area contributed by atoms with Gasteiger partial charge in [-0.05, 0) is 56.0 Å². The first kappa shape index (κ1) is 27.2. The van der Waals surface area contributed by atoms with Crippen LogP contribution >= 0.6 is 11.6 Å². The molecule has 1 saturated carbocycles. The molecule has 4 rings (SSSR count). The molecule has 0 aliphatic heterocycles. The van der Waals surface area contributed by atoms with Gasteiger partial charge in [0.25, 0.3) is 11.5 Å². The molecule has 0 saturated heterocycles. The quantitative estimate of drug-likeness (QED) is 0.383. The van der Waals surface area contributed by atoms with Gasteiger partial charge in [-0.25, -0.2) is 8.78 Å². The maximum absolute atomic E-state index is 15.4. The van der Waals surface area contributed by atoms with Crippen molar-refractivity contribution < 1.29 is 13.6 Å². The van der Waals surface area contributed by atoms with Gasteiger partial charge in [-0.3, -0.25) is 23.8 Å². The molecule has 1 aliphatic rings. The van der Waals surface area contributed by atoms with Gasteiger partial charge in [-0.1, -0.05) is 23.7 Å². The Morgan fingerprint density at radius 3 is 2.58 bits per heavy atom. The van der Waals surface area contributed by atoms with Crippen LogP contribution in [0.5, 0.6) is 0 Å². The lowest BCUT2D eigenvalue weighted by Gasteiger charge is -2.13. The molecule has 2 aromatic heterocycles. The van der Waals surface area contributed by atoms with E-state index in [4.69, 9.17) is 11.6 Å². The van der Waals surface area contributed by atoms with Gasteiger partial charge in [0, 0.05) is 50.7 Å². The van der Waals surface area contributed by atoms with Crippen molar-refractivity contribution in [2.45, 2.75) is 32.1 Å². The van der Waals surface area contributed by atoms with Gasteiger partial charge in [0.1, 0.15) is 16.5 Å². The highest BCUT2D eigenvalue weighted by atomic mass is 35.5. The van der Waals surface area contributed by atoms with Crippen molar-refractivity contribution in [3.63, 3.8) is 0 Å². The zero-order valence-corrected chi connectivity index (χ0v) is 22.5. The van der Waals surface area contributed by atoms with E-state index in [1.807, 2.05) is 0 Å². The smallest absolute Gasteiger partial charge is 0.273 e. The number of hydrogen-bond acceptors (Lipinski definition) is 4. The summed E-state index contributed by atoms with van der Waals surface area (Å²) in [5, 5.41) is 4.25. The maximum Gasteiger partial charge on any atom is 0.273 e. The fraction of sp³-hybridized carbons (Fsp3) is 0.286. The molecule has 0 bridgehead atoms. The lowest BCUT2D eigenvalue weighted by atomic mass is 10.0. The highest BCUT2D eigenvalue weighted by molar-refractivity contribution is 6.31. The Hall–Kier alpha value is -3.85. The number of aliphatic imine (C=N–C) groups is 1. The van der Waals surface area contributed by atoms with Crippen LogP contribution in [0.25, 0.3) is 6.20 Å². The van der Waals surface area contributed by atoms with Crippen LogP contribution in [0.3, 0.4) is 0 Å². The summed E-state index contributed by atoms with van der Waals surface area (Å²) in [6.45, 7) is 3.52. The molecule has 1 aromatic carbocycles. The van der Waals surface area contributed by atoms with Gasteiger partial charge >= 0.3 is 0 Å². The van der Waals surface area contributed by atoms with Crippen molar-refractivity contribution in [1.29, 1.82) is 0 Å². The number of benzene rings is 1. The van der Waals surface area contributed by atoms with E-state index in [9.17, 15) is 14.0 Å². The number of amides is 1. The SMILES string of the molecule is C/C=C/N=C(/C=C/n1c(C)cc(C2CC2c2nn(C)cc2F)c(Cl)c1=O)c1cccc(C(=O)N(C)C)c1F. The third-order valence-corrected chi connectivity index (χ3v) is 6.79. The number of aryl methyl sites for hydroxylation is 2. The maximum atomic E-state index is 15.4. The average Bonchev–Trinajstić information content (AvgIpc) is 3.59. The number of halogens is 3. The van der Waals surface area contributed by atoms with Crippen molar-refractivity contribution in [3.05, 3.63) is 104 Å². The van der Waals surface area contributed by atoms with Crippen LogP contribution in [0.15, 0.2) is 58.6 Å². The van der Waals surface area contributed by atoms with Gasteiger partial charge in [0.05, 0.1) is 17.5 Å². The first-order valence-corrected chi connectivity index (χ1v) is 12.4. The van der Waals surface area contributed by atoms with E-state index in [1.165, 1.54) is 51.0 Å². The second-order valence-electron chi connectivity index (χ2n) is 9.39. The summed E-state index contributed by atoms with van der Waals surface area (Å²) in [4.78, 5) is 31.2. The fourth-order valence-electron chi connectivity index (χ4n) is 4.41. The topological polar surface area (TPSA) is 72.5 Å². The summed E-state index contributed by atoms with van der Waals surface area (Å²) in [6, 6.07) is 6.31. The third kappa shape index (κ3) is 5.24. The zero-order chi connectivity index (χ0) is 27.7. The van der Waals surface area contributed by atoms with E-state index in [2.05, 4.69) is 10.1 Å². The predicted octanol–water partition coefficient (Wildman–Crippen LogP) is 5.29. The molecular formula is C28H28ClF2N5O2. The molecule has 1 aliphatic carbocycles. The molecule has 198 valence electrons. The van der Waals surface area contributed by atoms with Crippen molar-refractivity contribution in [1.82, 2.24) is 19.2 Å². The first-order chi connectivity index (χ1) is 18.0. The highest BCUT2D eigenvalue weighted by Gasteiger charge is 2.44. The van der Waals surface area contributed by atoms with Gasteiger partial charge < -0.3 is 4.90 Å². The molecule has 2 atom stereocenters. The molecule has 0 spiro atoms. The number of pyridine rings is 1. The van der Waals surface area contributed by atoms with Crippen molar-refractivity contribution in [3.8, 4) is 0 Å². The number of rotatable bonds is 7. The summed E-state index contributed by atoms with van der Waals surface area (Å²) in [5.74, 6) is -1.80. The second kappa shape index (κ2) is 10.9. The molecule has 10 heteroatoms. The average molecular weight is 540 g/mol. The Morgan fingerprint density at radius 2 is 1.95 bits per heavy atom. The summed E-state index contributed by atoms with van der Waals surface area (Å²) in [6.07, 6.45) is 8.11. The van der Waals surface area contributed by atoms with Crippen molar-refractivity contribution in [2.75, 3.05) is 14.1 Å². The minimum Gasteiger partial charge on any atom is -0.345 e. The number of nitrogens with zero attached hydrogens (tertiary/aromatic N) is 5. The summed E-state index contributed by atoms with van der Waals surface area (Å²) < 4.78 is 32.3. The number of allylic oxidation sites excluding steroid dienone is 2. The van der Waals surface area contributed by atoms with E-state index in [0.29, 0.717) is 23.4 Å². The highest BCUT2D eigenvalue weighted by Crippen LogP contribution is 2.55. The molecule has 38 heavy (non-hydrogen) atoms. The molecule has 1 fully saturated rings. The van der Waals surface area contributed by atoms with Gasteiger partial charge in [-0.2, -0.15) is 5.10 Å². The normalized spacial score (nSPS) is 17.5. The monoisotopic (exact) mass is 539 g/mol. The van der Waals surface area contributed by atoms with Crippen LogP contribution in [0, 0.1) is 18.6 Å². The van der Waals surface area contributed by atoms with Crippen molar-refractivity contribution in [2.24, 2.45) is 12.0 Å². The van der Waals surface area contributed by atoms with Gasteiger partial charge in [0.15, 0.2) is 5.82 Å². The molecule has 0 radical (unpaired) electrons. The third-order valence-electron chi connectivity index (χ3n) is 6.41. The molecule has 2 heterocycles. The molecule has 0 N–H and O–H groups in total. The van der Waals surface area contributed by atoms with E-state index >= 15 is 4.39 Å². The second-order valence-corrected chi connectivity index (χ2v) is 9.77. The fourth-order valence-corrected chi connectivity index (χ4v) is 4.70. The largest absolute Gasteiger partial charge is 0.345 e. The minimum absolute atomic E-state index is 0.0424. The lowest BCUT2D eigenvalue weighted by Crippen LogP contribution is -2.23. The molecule has 1 amide bonds. The Kier molecular flexibility index (Phi) is 7.78. The first-order valence-electron chi connectivity index (χ1n) is 12.0. The van der Waals surface area contributed by atoms with Crippen LogP contribution in [0.4, 0.5) is 8.78 Å². The summed E-state index contributed by atoms with van der Waals surface area (Å²) in [7, 11) is 4.75. The lowest BCUT2D eigenvalue weighted by molar-refractivity contribution is 0.0823.